The van der Waals surface area contributed by atoms with Crippen LogP contribution in [0, 0.1) is 5.92 Å². The van der Waals surface area contributed by atoms with Crippen LogP contribution in [0.25, 0.3) is 0 Å². The summed E-state index contributed by atoms with van der Waals surface area (Å²) in [5, 5.41) is 0.725. The molecule has 2 aromatic rings. The molecule has 2 heterocycles. The van der Waals surface area contributed by atoms with E-state index < -0.39 is 0 Å². The Morgan fingerprint density at radius 2 is 1.96 bits per heavy atom. The minimum Gasteiger partial charge on any atom is -0.354 e. The van der Waals surface area contributed by atoms with E-state index in [9.17, 15) is 4.79 Å². The number of halogens is 1. The van der Waals surface area contributed by atoms with Crippen LogP contribution < -0.4 is 4.90 Å². The number of nitrogens with zero attached hydrogens (tertiary/aromatic N) is 3. The van der Waals surface area contributed by atoms with Gasteiger partial charge in [0.1, 0.15) is 5.82 Å². The Morgan fingerprint density at radius 1 is 1.12 bits per heavy atom. The van der Waals surface area contributed by atoms with Crippen molar-refractivity contribution in [1.82, 2.24) is 9.88 Å². The number of fused-ring (bicyclic) bond motifs is 1. The smallest absolute Gasteiger partial charge is 0.166 e. The molecule has 1 fully saturated rings. The molecule has 1 aromatic carbocycles. The third kappa shape index (κ3) is 3.76. The van der Waals surface area contributed by atoms with E-state index in [4.69, 9.17) is 11.6 Å². The van der Waals surface area contributed by atoms with E-state index in [2.05, 4.69) is 20.9 Å². The van der Waals surface area contributed by atoms with Crippen LogP contribution in [-0.2, 0) is 6.42 Å². The van der Waals surface area contributed by atoms with Crippen LogP contribution >= 0.6 is 11.6 Å². The first-order valence-electron chi connectivity index (χ1n) is 9.42. The predicted molar refractivity (Wildman–Crippen MR) is 105 cm³/mol. The van der Waals surface area contributed by atoms with Gasteiger partial charge in [0.15, 0.2) is 5.78 Å². The van der Waals surface area contributed by atoms with Crippen molar-refractivity contribution in [3.8, 4) is 0 Å². The summed E-state index contributed by atoms with van der Waals surface area (Å²) in [5.41, 5.74) is 2.00. The van der Waals surface area contributed by atoms with Crippen molar-refractivity contribution in [2.24, 2.45) is 5.92 Å². The first-order chi connectivity index (χ1) is 12.7. The summed E-state index contributed by atoms with van der Waals surface area (Å²) < 4.78 is 0. The molecule has 1 atom stereocenters. The summed E-state index contributed by atoms with van der Waals surface area (Å²) in [6, 6.07) is 11.7. The molecule has 136 valence electrons. The van der Waals surface area contributed by atoms with Gasteiger partial charge in [0.05, 0.1) is 0 Å². The molecule has 0 N–H and O–H groups in total. The van der Waals surface area contributed by atoms with E-state index in [1.807, 2.05) is 36.5 Å². The van der Waals surface area contributed by atoms with Crippen molar-refractivity contribution >= 4 is 23.2 Å². The Balaban J connectivity index is 1.22. The molecule has 0 radical (unpaired) electrons. The van der Waals surface area contributed by atoms with Crippen LogP contribution in [0.15, 0.2) is 42.6 Å². The number of benzene rings is 1. The van der Waals surface area contributed by atoms with Crippen LogP contribution in [-0.4, -0.2) is 48.4 Å². The van der Waals surface area contributed by atoms with Crippen LogP contribution in [0.2, 0.25) is 5.02 Å². The number of piperazine rings is 1. The number of hydrogen-bond acceptors (Lipinski definition) is 4. The first-order valence-corrected chi connectivity index (χ1v) is 9.79. The van der Waals surface area contributed by atoms with E-state index in [1.165, 1.54) is 0 Å². The third-order valence-corrected chi connectivity index (χ3v) is 5.78. The van der Waals surface area contributed by atoms with Gasteiger partial charge in [-0.2, -0.15) is 0 Å². The third-order valence-electron chi connectivity index (χ3n) is 5.54. The summed E-state index contributed by atoms with van der Waals surface area (Å²) in [7, 11) is 0. The summed E-state index contributed by atoms with van der Waals surface area (Å²) >= 11 is 6.05. The molecule has 0 spiro atoms. The van der Waals surface area contributed by atoms with Gasteiger partial charge in [0.25, 0.3) is 0 Å². The van der Waals surface area contributed by atoms with Gasteiger partial charge in [-0.15, -0.1) is 0 Å². The number of Topliss-reactive ketones (excluding diaryl/α,β-unsaturated/α-hetero) is 1. The Bertz CT molecular complexity index is 772. The van der Waals surface area contributed by atoms with E-state index in [-0.39, 0.29) is 5.92 Å². The van der Waals surface area contributed by atoms with Crippen molar-refractivity contribution in [2.45, 2.75) is 19.3 Å². The zero-order chi connectivity index (χ0) is 17.9. The van der Waals surface area contributed by atoms with Crippen LogP contribution in [0.3, 0.4) is 0 Å². The fourth-order valence-corrected chi connectivity index (χ4v) is 4.28. The molecule has 0 amide bonds. The van der Waals surface area contributed by atoms with Gasteiger partial charge in [-0.25, -0.2) is 4.98 Å². The van der Waals surface area contributed by atoms with Crippen LogP contribution in [0.1, 0.15) is 28.8 Å². The van der Waals surface area contributed by atoms with E-state index >= 15 is 0 Å². The number of rotatable bonds is 5. The number of carbonyl (C=O) groups excluding carboxylic acids is 1. The fraction of sp³-hybridized carbons (Fsp3) is 0.429. The quantitative estimate of drug-likeness (QED) is 0.805. The highest BCUT2D eigenvalue weighted by atomic mass is 35.5. The van der Waals surface area contributed by atoms with Gasteiger partial charge in [0, 0.05) is 48.9 Å². The zero-order valence-electron chi connectivity index (χ0n) is 14.9. The highest BCUT2D eigenvalue weighted by Crippen LogP contribution is 2.31. The molecule has 1 unspecified atom stereocenters. The van der Waals surface area contributed by atoms with E-state index in [1.54, 1.807) is 0 Å². The number of carbonyl (C=O) groups is 1. The molecular weight excluding hydrogens is 346 g/mol. The topological polar surface area (TPSA) is 36.4 Å². The average molecular weight is 370 g/mol. The Morgan fingerprint density at radius 3 is 2.73 bits per heavy atom. The fourth-order valence-electron chi connectivity index (χ4n) is 4.09. The van der Waals surface area contributed by atoms with Gasteiger partial charge in [0.2, 0.25) is 0 Å². The lowest BCUT2D eigenvalue weighted by Gasteiger charge is -2.35. The number of pyridine rings is 1. The van der Waals surface area contributed by atoms with Gasteiger partial charge in [-0.3, -0.25) is 9.69 Å². The first kappa shape index (κ1) is 17.5. The number of ketones is 1. The maximum atomic E-state index is 12.5. The second kappa shape index (κ2) is 7.77. The molecule has 2 aliphatic rings. The molecule has 1 aliphatic carbocycles. The van der Waals surface area contributed by atoms with Crippen LogP contribution in [0.4, 0.5) is 5.82 Å². The molecule has 0 bridgehead atoms. The van der Waals surface area contributed by atoms with E-state index in [0.717, 1.165) is 74.0 Å². The molecule has 4 nitrogen and oxygen atoms in total. The largest absolute Gasteiger partial charge is 0.354 e. The number of anilines is 1. The lowest BCUT2D eigenvalue weighted by Crippen LogP contribution is -2.47. The minimum atomic E-state index is 0.137. The monoisotopic (exact) mass is 369 g/mol. The maximum Gasteiger partial charge on any atom is 0.166 e. The van der Waals surface area contributed by atoms with Crippen molar-refractivity contribution in [3.05, 3.63) is 58.7 Å². The molecule has 1 aromatic heterocycles. The van der Waals surface area contributed by atoms with Crippen molar-refractivity contribution in [2.75, 3.05) is 37.6 Å². The lowest BCUT2D eigenvalue weighted by molar-refractivity contribution is 0.0926. The number of hydrogen-bond donors (Lipinski definition) is 0. The van der Waals surface area contributed by atoms with Crippen molar-refractivity contribution < 1.29 is 4.79 Å². The van der Waals surface area contributed by atoms with Gasteiger partial charge >= 0.3 is 0 Å². The molecule has 5 heteroatoms. The van der Waals surface area contributed by atoms with E-state index in [0.29, 0.717) is 5.78 Å². The predicted octanol–water partition coefficient (Wildman–Crippen LogP) is 3.69. The molecule has 26 heavy (non-hydrogen) atoms. The maximum absolute atomic E-state index is 12.5. The van der Waals surface area contributed by atoms with Crippen molar-refractivity contribution in [1.29, 1.82) is 0 Å². The standard InChI is InChI=1S/C21H24ClN3O/c22-18-6-7-19-17(15-18)14-16(21(19)26)4-3-9-24-10-12-25(13-11-24)20-5-1-2-8-23-20/h1-2,5-8,15-16H,3-4,9-14H2. The highest BCUT2D eigenvalue weighted by molar-refractivity contribution is 6.30. The summed E-state index contributed by atoms with van der Waals surface area (Å²) in [4.78, 5) is 21.8. The second-order valence-corrected chi connectivity index (χ2v) is 7.66. The van der Waals surface area contributed by atoms with Gasteiger partial charge in [-0.05, 0) is 61.7 Å². The molecule has 1 aliphatic heterocycles. The summed E-state index contributed by atoms with van der Waals surface area (Å²) in [6.45, 7) is 5.22. The summed E-state index contributed by atoms with van der Waals surface area (Å²) in [6.07, 6.45) is 4.74. The second-order valence-electron chi connectivity index (χ2n) is 7.23. The number of aromatic nitrogens is 1. The van der Waals surface area contributed by atoms with Crippen molar-refractivity contribution in [3.63, 3.8) is 0 Å². The molecule has 0 saturated carbocycles. The molecule has 4 rings (SSSR count). The normalized spacial score (nSPS) is 20.4. The lowest BCUT2D eigenvalue weighted by atomic mass is 9.99. The molecule has 1 saturated heterocycles. The Hall–Kier alpha value is -1.91. The average Bonchev–Trinajstić information content (AvgIpc) is 2.98. The summed E-state index contributed by atoms with van der Waals surface area (Å²) in [5.74, 6) is 1.51. The minimum absolute atomic E-state index is 0.137. The van der Waals surface area contributed by atoms with Crippen LogP contribution in [0.5, 0.6) is 0 Å². The molecular formula is C21H24ClN3O. The van der Waals surface area contributed by atoms with Gasteiger partial charge in [-0.1, -0.05) is 17.7 Å². The zero-order valence-corrected chi connectivity index (χ0v) is 15.7. The van der Waals surface area contributed by atoms with Gasteiger partial charge < -0.3 is 4.90 Å². The SMILES string of the molecule is O=C1c2ccc(Cl)cc2CC1CCCN1CCN(c2ccccn2)CC1. The Kier molecular flexibility index (Phi) is 5.23. The highest BCUT2D eigenvalue weighted by Gasteiger charge is 2.30. The Labute approximate surface area is 159 Å².